The number of carboxylic acid groups (broad SMARTS) is 1. The van der Waals surface area contributed by atoms with Crippen molar-refractivity contribution in [2.45, 2.75) is 71.3 Å². The van der Waals surface area contributed by atoms with Gasteiger partial charge in [-0.3, -0.25) is 19.2 Å². The van der Waals surface area contributed by atoms with Gasteiger partial charge in [0.2, 0.25) is 17.7 Å². The molecule has 6 atom stereocenters. The molecule has 0 aromatic carbocycles. The van der Waals surface area contributed by atoms with E-state index in [1.807, 2.05) is 6.92 Å². The van der Waals surface area contributed by atoms with Crippen molar-refractivity contribution in [1.29, 1.82) is 0 Å². The summed E-state index contributed by atoms with van der Waals surface area (Å²) in [6, 6.07) is -4.34. The van der Waals surface area contributed by atoms with Gasteiger partial charge in [0.05, 0.1) is 12.1 Å². The van der Waals surface area contributed by atoms with Crippen LogP contribution in [0.4, 0.5) is 0 Å². The Kier molecular flexibility index (Phi) is 9.81. The number of hydrogen-bond acceptors (Lipinski definition) is 6. The van der Waals surface area contributed by atoms with Gasteiger partial charge in [-0.05, 0) is 26.7 Å². The molecule has 0 aliphatic heterocycles. The Morgan fingerprint density at radius 1 is 0.885 bits per heavy atom. The minimum Gasteiger partial charge on any atom is -0.480 e. The smallest absolute Gasteiger partial charge is 0.325 e. The molecule has 7 N–H and O–H groups in total. The molecule has 6 unspecified atom stereocenters. The highest BCUT2D eigenvalue weighted by atomic mass is 16.4. The molecular formula is C16H30N4O6. The van der Waals surface area contributed by atoms with Crippen molar-refractivity contribution in [2.24, 2.45) is 11.7 Å². The third-order valence-corrected chi connectivity index (χ3v) is 4.00. The Balaban J connectivity index is 5.28. The summed E-state index contributed by atoms with van der Waals surface area (Å²) >= 11 is 0. The highest BCUT2D eigenvalue weighted by molar-refractivity contribution is 5.94. The summed E-state index contributed by atoms with van der Waals surface area (Å²) in [6.45, 7) is 7.57. The summed E-state index contributed by atoms with van der Waals surface area (Å²) in [4.78, 5) is 47.5. The van der Waals surface area contributed by atoms with Crippen LogP contribution in [0.15, 0.2) is 0 Å². The zero-order valence-corrected chi connectivity index (χ0v) is 15.8. The number of rotatable bonds is 10. The molecule has 0 saturated carbocycles. The van der Waals surface area contributed by atoms with Gasteiger partial charge in [-0.2, -0.15) is 0 Å². The third kappa shape index (κ3) is 7.36. The maximum Gasteiger partial charge on any atom is 0.325 e. The summed E-state index contributed by atoms with van der Waals surface area (Å²) < 4.78 is 0. The van der Waals surface area contributed by atoms with Crippen LogP contribution in [0.25, 0.3) is 0 Å². The van der Waals surface area contributed by atoms with E-state index in [1.54, 1.807) is 6.92 Å². The lowest BCUT2D eigenvalue weighted by molar-refractivity contribution is -0.142. The Morgan fingerprint density at radius 3 is 1.73 bits per heavy atom. The van der Waals surface area contributed by atoms with Crippen LogP contribution in [-0.2, 0) is 19.2 Å². The lowest BCUT2D eigenvalue weighted by Gasteiger charge is -2.28. The van der Waals surface area contributed by atoms with Gasteiger partial charge in [0.15, 0.2) is 0 Å². The Hall–Kier alpha value is -2.20. The summed E-state index contributed by atoms with van der Waals surface area (Å²) in [7, 11) is 0. The second-order valence-electron chi connectivity index (χ2n) is 6.46. The molecule has 26 heavy (non-hydrogen) atoms. The van der Waals surface area contributed by atoms with Gasteiger partial charge in [-0.15, -0.1) is 0 Å². The van der Waals surface area contributed by atoms with Gasteiger partial charge in [0.25, 0.3) is 0 Å². The van der Waals surface area contributed by atoms with Crippen LogP contribution in [0.1, 0.15) is 41.0 Å². The van der Waals surface area contributed by atoms with E-state index in [1.165, 1.54) is 20.8 Å². The largest absolute Gasteiger partial charge is 0.480 e. The molecule has 0 aromatic rings. The third-order valence-electron chi connectivity index (χ3n) is 4.00. The number of nitrogens with one attached hydrogen (secondary N) is 3. The van der Waals surface area contributed by atoms with Crippen molar-refractivity contribution in [1.82, 2.24) is 16.0 Å². The first-order chi connectivity index (χ1) is 11.9. The molecule has 0 rings (SSSR count). The minimum absolute atomic E-state index is 0.307. The summed E-state index contributed by atoms with van der Waals surface area (Å²) in [5, 5.41) is 25.8. The van der Waals surface area contributed by atoms with Crippen molar-refractivity contribution in [3.05, 3.63) is 0 Å². The summed E-state index contributed by atoms with van der Waals surface area (Å²) in [6.07, 6.45) is -0.693. The Bertz CT molecular complexity index is 523. The number of aliphatic carboxylic acids is 1. The van der Waals surface area contributed by atoms with Crippen LogP contribution in [0.3, 0.4) is 0 Å². The zero-order valence-electron chi connectivity index (χ0n) is 15.8. The van der Waals surface area contributed by atoms with E-state index in [-0.39, 0.29) is 5.92 Å². The summed E-state index contributed by atoms with van der Waals surface area (Å²) in [5.74, 6) is -3.57. The van der Waals surface area contributed by atoms with Gasteiger partial charge in [-0.25, -0.2) is 0 Å². The van der Waals surface area contributed by atoms with Crippen molar-refractivity contribution in [3.63, 3.8) is 0 Å². The molecule has 0 saturated heterocycles. The molecular weight excluding hydrogens is 344 g/mol. The van der Waals surface area contributed by atoms with Crippen LogP contribution in [0.2, 0.25) is 0 Å². The fraction of sp³-hybridized carbons (Fsp3) is 0.750. The number of nitrogens with two attached hydrogens (primary N) is 1. The molecule has 0 heterocycles. The maximum atomic E-state index is 12.5. The van der Waals surface area contributed by atoms with Crippen molar-refractivity contribution in [2.75, 3.05) is 0 Å². The lowest BCUT2D eigenvalue weighted by atomic mass is 9.97. The highest BCUT2D eigenvalue weighted by Gasteiger charge is 2.33. The second kappa shape index (κ2) is 10.7. The molecule has 0 aliphatic rings. The van der Waals surface area contributed by atoms with Gasteiger partial charge in [-0.1, -0.05) is 20.3 Å². The maximum absolute atomic E-state index is 12.5. The standard InChI is InChI=1S/C16H30N4O6/c1-6-7(2)11(14(23)18-9(4)16(25)26)19-15(24)12(10(5)21)20-13(22)8(3)17/h7-12,21H,6,17H2,1-5H3,(H,18,23)(H,19,24)(H,20,22)(H,25,26). The van der Waals surface area contributed by atoms with E-state index in [2.05, 4.69) is 16.0 Å². The molecule has 0 aromatic heterocycles. The first-order valence-electron chi connectivity index (χ1n) is 8.49. The minimum atomic E-state index is -1.30. The number of aliphatic hydroxyl groups excluding tert-OH is 1. The molecule has 0 spiro atoms. The van der Waals surface area contributed by atoms with E-state index in [9.17, 15) is 24.3 Å². The van der Waals surface area contributed by atoms with E-state index in [0.29, 0.717) is 6.42 Å². The van der Waals surface area contributed by atoms with Crippen LogP contribution >= 0.6 is 0 Å². The molecule has 0 radical (unpaired) electrons. The average molecular weight is 374 g/mol. The summed E-state index contributed by atoms with van der Waals surface area (Å²) in [5.41, 5.74) is 5.44. The van der Waals surface area contributed by atoms with Crippen molar-refractivity contribution >= 4 is 23.7 Å². The van der Waals surface area contributed by atoms with Gasteiger partial charge in [0.1, 0.15) is 18.1 Å². The predicted molar refractivity (Wildman–Crippen MR) is 93.9 cm³/mol. The van der Waals surface area contributed by atoms with Crippen LogP contribution in [-0.4, -0.2) is 64.2 Å². The van der Waals surface area contributed by atoms with Crippen LogP contribution < -0.4 is 21.7 Å². The van der Waals surface area contributed by atoms with Crippen molar-refractivity contribution < 1.29 is 29.4 Å². The quantitative estimate of drug-likeness (QED) is 0.265. The number of carboxylic acids is 1. The van der Waals surface area contributed by atoms with Crippen LogP contribution in [0, 0.1) is 5.92 Å². The molecule has 150 valence electrons. The number of hydrogen-bond donors (Lipinski definition) is 6. The SMILES string of the molecule is CCC(C)C(NC(=O)C(NC(=O)C(C)N)C(C)O)C(=O)NC(C)C(=O)O. The monoisotopic (exact) mass is 374 g/mol. The van der Waals surface area contributed by atoms with E-state index in [4.69, 9.17) is 10.8 Å². The molecule has 0 fully saturated rings. The van der Waals surface area contributed by atoms with Gasteiger partial charge < -0.3 is 31.9 Å². The number of carbonyl (C=O) groups is 4. The Labute approximate surface area is 152 Å². The van der Waals surface area contributed by atoms with E-state index in [0.717, 1.165) is 0 Å². The molecule has 10 heteroatoms. The van der Waals surface area contributed by atoms with Gasteiger partial charge in [0, 0.05) is 0 Å². The average Bonchev–Trinajstić information content (AvgIpc) is 2.55. The molecule has 0 aliphatic carbocycles. The topological polar surface area (TPSA) is 171 Å². The Morgan fingerprint density at radius 2 is 1.35 bits per heavy atom. The fourth-order valence-corrected chi connectivity index (χ4v) is 2.00. The van der Waals surface area contributed by atoms with E-state index >= 15 is 0 Å². The van der Waals surface area contributed by atoms with Gasteiger partial charge >= 0.3 is 5.97 Å². The molecule has 0 bridgehead atoms. The first kappa shape index (κ1) is 23.8. The molecule has 10 nitrogen and oxygen atoms in total. The first-order valence-corrected chi connectivity index (χ1v) is 8.49. The number of aliphatic hydroxyl groups is 1. The number of amides is 3. The second-order valence-corrected chi connectivity index (χ2v) is 6.46. The predicted octanol–water partition coefficient (Wildman–Crippen LogP) is -1.68. The lowest BCUT2D eigenvalue weighted by Crippen LogP contribution is -2.60. The normalized spacial score (nSPS) is 17.8. The highest BCUT2D eigenvalue weighted by Crippen LogP contribution is 2.09. The fourth-order valence-electron chi connectivity index (χ4n) is 2.00. The molecule has 3 amide bonds. The van der Waals surface area contributed by atoms with Crippen LogP contribution in [0.5, 0.6) is 0 Å². The number of carbonyl (C=O) groups excluding carboxylic acids is 3. The van der Waals surface area contributed by atoms with E-state index < -0.39 is 54.0 Å². The zero-order chi connectivity index (χ0) is 20.6. The van der Waals surface area contributed by atoms with Crippen molar-refractivity contribution in [3.8, 4) is 0 Å².